The molecule has 0 aliphatic carbocycles. The summed E-state index contributed by atoms with van der Waals surface area (Å²) in [5, 5.41) is 0.792. The normalized spacial score (nSPS) is 12.3. The minimum Gasteiger partial charge on any atom is -0.424 e. The largest absolute Gasteiger partial charge is 0.424 e. The number of aromatic nitrogens is 4. The van der Waals surface area contributed by atoms with Crippen LogP contribution in [0.2, 0.25) is 0 Å². The molecule has 0 atom stereocenters. The Balaban J connectivity index is 2.12. The smallest absolute Gasteiger partial charge is 0.313 e. The second kappa shape index (κ2) is 7.17. The molecule has 0 bridgehead atoms. The van der Waals surface area contributed by atoms with Crippen molar-refractivity contribution in [2.45, 2.75) is 54.0 Å². The van der Waals surface area contributed by atoms with Crippen molar-refractivity contribution >= 4 is 33.7 Å². The molecule has 0 radical (unpaired) electrons. The molecule has 152 valence electrons. The molecule has 0 fully saturated rings. The summed E-state index contributed by atoms with van der Waals surface area (Å²) in [5.74, 6) is 1.66. The fourth-order valence-electron chi connectivity index (χ4n) is 3.66. The van der Waals surface area contributed by atoms with Gasteiger partial charge in [0, 0.05) is 18.7 Å². The molecule has 0 amide bonds. The second-order valence-electron chi connectivity index (χ2n) is 8.70. The Morgan fingerprint density at radius 1 is 1.03 bits per heavy atom. The van der Waals surface area contributed by atoms with Crippen LogP contribution >= 0.6 is 0 Å². The van der Waals surface area contributed by atoms with Crippen molar-refractivity contribution in [3.8, 4) is 5.75 Å². The number of ether oxygens (including phenoxy) is 1. The lowest BCUT2D eigenvalue weighted by atomic mass is 10.2. The minimum atomic E-state index is -0.254. The summed E-state index contributed by atoms with van der Waals surface area (Å²) < 4.78 is 10.0. The number of rotatable bonds is 5. The van der Waals surface area contributed by atoms with Crippen molar-refractivity contribution in [1.82, 2.24) is 18.9 Å². The van der Waals surface area contributed by atoms with Gasteiger partial charge in [-0.15, -0.1) is 0 Å². The van der Waals surface area contributed by atoms with E-state index in [2.05, 4.69) is 42.7 Å². The highest BCUT2D eigenvalue weighted by molar-refractivity contribution is 6.01. The number of nitrogens with zero attached hydrogens (tertiary/aromatic N) is 4. The van der Waals surface area contributed by atoms with Gasteiger partial charge in [0.2, 0.25) is 0 Å². The molecule has 29 heavy (non-hydrogen) atoms. The molecule has 0 N–H and O–H groups in total. The Morgan fingerprint density at radius 2 is 1.76 bits per heavy atom. The predicted octanol–water partition coefficient (Wildman–Crippen LogP) is 5.18. The van der Waals surface area contributed by atoms with E-state index >= 15 is 0 Å². The van der Waals surface area contributed by atoms with Crippen molar-refractivity contribution in [2.24, 2.45) is 11.8 Å². The summed E-state index contributed by atoms with van der Waals surface area (Å²) >= 11 is 0. The summed E-state index contributed by atoms with van der Waals surface area (Å²) in [5.41, 5.74) is 3.52. The van der Waals surface area contributed by atoms with E-state index in [1.165, 1.54) is 0 Å². The van der Waals surface area contributed by atoms with Crippen molar-refractivity contribution < 1.29 is 9.53 Å². The van der Waals surface area contributed by atoms with Crippen LogP contribution in [0.15, 0.2) is 30.5 Å². The summed E-state index contributed by atoms with van der Waals surface area (Å²) in [6.45, 7) is 13.1. The number of hydrogen-bond acceptors (Lipinski definition) is 4. The molecule has 4 rings (SSSR count). The molecule has 6 nitrogen and oxygen atoms in total. The van der Waals surface area contributed by atoms with Gasteiger partial charge in [-0.3, -0.25) is 9.20 Å². The number of imidazole rings is 1. The minimum absolute atomic E-state index is 0.212. The topological polar surface area (TPSA) is 61.4 Å². The number of carbonyl (C=O) groups excluding carboxylic acids is 1. The zero-order chi connectivity index (χ0) is 20.9. The van der Waals surface area contributed by atoms with E-state index < -0.39 is 0 Å². The molecule has 0 saturated heterocycles. The Kier molecular flexibility index (Phi) is 4.81. The highest BCUT2D eigenvalue weighted by atomic mass is 16.5. The van der Waals surface area contributed by atoms with E-state index in [4.69, 9.17) is 14.7 Å². The van der Waals surface area contributed by atoms with Crippen LogP contribution in [0.1, 0.15) is 53.3 Å². The maximum Gasteiger partial charge on any atom is 0.313 e. The lowest BCUT2D eigenvalue weighted by Crippen LogP contribution is -2.14. The van der Waals surface area contributed by atoms with E-state index in [-0.39, 0.29) is 17.8 Å². The molecule has 0 aliphatic heterocycles. The fourth-order valence-corrected chi connectivity index (χ4v) is 3.66. The first kappa shape index (κ1) is 19.4. The number of hydrogen-bond donors (Lipinski definition) is 0. The van der Waals surface area contributed by atoms with Crippen LogP contribution in [-0.4, -0.2) is 24.9 Å². The van der Waals surface area contributed by atoms with Gasteiger partial charge in [-0.1, -0.05) is 53.7 Å². The molecular formula is C23H28N4O2. The lowest BCUT2D eigenvalue weighted by Gasteiger charge is -2.12. The predicted molar refractivity (Wildman–Crippen MR) is 115 cm³/mol. The van der Waals surface area contributed by atoms with Gasteiger partial charge in [0.25, 0.3) is 0 Å². The van der Waals surface area contributed by atoms with Gasteiger partial charge >= 0.3 is 5.97 Å². The molecular weight excluding hydrogens is 364 g/mol. The third kappa shape index (κ3) is 3.26. The second-order valence-corrected chi connectivity index (χ2v) is 8.70. The molecule has 6 heteroatoms. The average Bonchev–Trinajstić information content (AvgIpc) is 3.19. The monoisotopic (exact) mass is 392 g/mol. The number of carbonyl (C=O) groups is 1. The maximum absolute atomic E-state index is 12.4. The van der Waals surface area contributed by atoms with Crippen molar-refractivity contribution in [3.63, 3.8) is 0 Å². The van der Waals surface area contributed by atoms with Crippen LogP contribution in [0.4, 0.5) is 0 Å². The van der Waals surface area contributed by atoms with E-state index in [1.54, 1.807) is 0 Å². The summed E-state index contributed by atoms with van der Waals surface area (Å²) in [4.78, 5) is 22.3. The number of fused-ring (bicyclic) bond motifs is 5. The molecule has 0 aliphatic rings. The van der Waals surface area contributed by atoms with E-state index in [9.17, 15) is 4.79 Å². The summed E-state index contributed by atoms with van der Waals surface area (Å²) in [6.07, 6.45) is 1.90. The Morgan fingerprint density at radius 3 is 2.41 bits per heavy atom. The van der Waals surface area contributed by atoms with E-state index in [0.29, 0.717) is 11.7 Å². The van der Waals surface area contributed by atoms with Gasteiger partial charge in [-0.25, -0.2) is 9.97 Å². The van der Waals surface area contributed by atoms with Crippen LogP contribution in [0, 0.1) is 11.8 Å². The van der Waals surface area contributed by atoms with Gasteiger partial charge in [0.1, 0.15) is 16.9 Å². The Bertz CT molecular complexity index is 1210. The summed E-state index contributed by atoms with van der Waals surface area (Å²) in [7, 11) is 0. The van der Waals surface area contributed by atoms with Crippen LogP contribution in [0.3, 0.4) is 0 Å². The van der Waals surface area contributed by atoms with Crippen LogP contribution in [0.5, 0.6) is 5.75 Å². The molecule has 3 heterocycles. The van der Waals surface area contributed by atoms with E-state index in [0.717, 1.165) is 40.1 Å². The number of benzene rings is 1. The standard InChI is InChI=1S/C23H28N4O2/c1-13(2)11-26-12-18(29-23(28)15(5)6)19-21(26)25-20(14(3)4)27-17-10-8-7-9-16(17)24-22(19)27/h7-10,12-15H,11H2,1-6H3. The van der Waals surface area contributed by atoms with Gasteiger partial charge < -0.3 is 9.30 Å². The molecule has 0 spiro atoms. The first-order valence-corrected chi connectivity index (χ1v) is 10.3. The van der Waals surface area contributed by atoms with Crippen molar-refractivity contribution in [1.29, 1.82) is 0 Å². The summed E-state index contributed by atoms with van der Waals surface area (Å²) in [6, 6.07) is 8.05. The highest BCUT2D eigenvalue weighted by Gasteiger charge is 2.24. The molecule has 3 aromatic heterocycles. The molecule has 1 aromatic carbocycles. The number of para-hydroxylation sites is 2. The average molecular weight is 393 g/mol. The third-order valence-electron chi connectivity index (χ3n) is 5.01. The molecule has 0 unspecified atom stereocenters. The number of esters is 1. The molecule has 0 saturated carbocycles. The van der Waals surface area contributed by atoms with Crippen molar-refractivity contribution in [2.75, 3.05) is 0 Å². The van der Waals surface area contributed by atoms with Crippen LogP contribution in [-0.2, 0) is 11.3 Å². The SMILES string of the molecule is CC(C)Cn1cc(OC(=O)C(C)C)c2c1nc(C(C)C)n1c3ccccc3nc21. The first-order chi connectivity index (χ1) is 13.8. The fraction of sp³-hybridized carbons (Fsp3) is 0.435. The van der Waals surface area contributed by atoms with Gasteiger partial charge in [-0.05, 0) is 18.1 Å². The third-order valence-corrected chi connectivity index (χ3v) is 5.01. The van der Waals surface area contributed by atoms with Gasteiger partial charge in [-0.2, -0.15) is 0 Å². The quantitative estimate of drug-likeness (QED) is 0.439. The Hall–Kier alpha value is -2.89. The first-order valence-electron chi connectivity index (χ1n) is 10.3. The lowest BCUT2D eigenvalue weighted by molar-refractivity contribution is -0.137. The van der Waals surface area contributed by atoms with Crippen molar-refractivity contribution in [3.05, 3.63) is 36.3 Å². The van der Waals surface area contributed by atoms with Gasteiger partial charge in [0.05, 0.1) is 17.0 Å². The molecule has 4 aromatic rings. The van der Waals surface area contributed by atoms with Crippen LogP contribution in [0.25, 0.3) is 27.7 Å². The van der Waals surface area contributed by atoms with E-state index in [1.807, 2.05) is 38.2 Å². The maximum atomic E-state index is 12.4. The highest BCUT2D eigenvalue weighted by Crippen LogP contribution is 2.35. The van der Waals surface area contributed by atoms with Crippen LogP contribution < -0.4 is 4.74 Å². The zero-order valence-electron chi connectivity index (χ0n) is 17.9. The van der Waals surface area contributed by atoms with Gasteiger partial charge in [0.15, 0.2) is 11.4 Å². The zero-order valence-corrected chi connectivity index (χ0v) is 17.9. The Labute approximate surface area is 170 Å².